The molecule has 6 nitrogen and oxygen atoms in total. The van der Waals surface area contributed by atoms with Crippen LogP contribution >= 0.6 is 0 Å². The Morgan fingerprint density at radius 3 is 2.56 bits per heavy atom. The van der Waals surface area contributed by atoms with Crippen LogP contribution < -0.4 is 0 Å². The number of carbonyl (C=O) groups excluding carboxylic acids is 1. The SMILES string of the molecule is Cc1cn(CC2CCN(C(=O)OC(C)(C)C)CC2)c2ncnc(C)c12. The van der Waals surface area contributed by atoms with Crippen molar-refractivity contribution >= 4 is 17.1 Å². The third-order valence-electron chi connectivity index (χ3n) is 4.75. The number of amides is 1. The van der Waals surface area contributed by atoms with Crippen molar-refractivity contribution in [2.75, 3.05) is 13.1 Å². The van der Waals surface area contributed by atoms with Gasteiger partial charge in [-0.3, -0.25) is 0 Å². The van der Waals surface area contributed by atoms with Crippen LogP contribution in [0.15, 0.2) is 12.5 Å². The summed E-state index contributed by atoms with van der Waals surface area (Å²) in [5.41, 5.74) is 2.83. The highest BCUT2D eigenvalue weighted by Gasteiger charge is 2.27. The topological polar surface area (TPSA) is 60.2 Å². The predicted molar refractivity (Wildman–Crippen MR) is 97.5 cm³/mol. The average molecular weight is 344 g/mol. The lowest BCUT2D eigenvalue weighted by Crippen LogP contribution is -2.42. The fourth-order valence-corrected chi connectivity index (χ4v) is 3.54. The number of ether oxygens (including phenoxy) is 1. The van der Waals surface area contributed by atoms with Gasteiger partial charge in [-0.05, 0) is 58.9 Å². The van der Waals surface area contributed by atoms with Gasteiger partial charge >= 0.3 is 6.09 Å². The summed E-state index contributed by atoms with van der Waals surface area (Å²) >= 11 is 0. The van der Waals surface area contributed by atoms with Crippen molar-refractivity contribution in [2.24, 2.45) is 5.92 Å². The van der Waals surface area contributed by atoms with Gasteiger partial charge in [-0.2, -0.15) is 0 Å². The van der Waals surface area contributed by atoms with Gasteiger partial charge in [0, 0.05) is 31.2 Å². The number of nitrogens with zero attached hydrogens (tertiary/aromatic N) is 4. The summed E-state index contributed by atoms with van der Waals surface area (Å²) in [4.78, 5) is 22.8. The summed E-state index contributed by atoms with van der Waals surface area (Å²) in [6, 6.07) is 0. The predicted octanol–water partition coefficient (Wildman–Crippen LogP) is 3.70. The highest BCUT2D eigenvalue weighted by atomic mass is 16.6. The van der Waals surface area contributed by atoms with Crippen LogP contribution in [-0.4, -0.2) is 44.2 Å². The van der Waals surface area contributed by atoms with E-state index in [1.807, 2.05) is 32.6 Å². The van der Waals surface area contributed by atoms with Crippen molar-refractivity contribution in [3.63, 3.8) is 0 Å². The minimum atomic E-state index is -0.437. The van der Waals surface area contributed by atoms with Gasteiger partial charge in [0.05, 0.1) is 5.69 Å². The van der Waals surface area contributed by atoms with Crippen molar-refractivity contribution in [3.8, 4) is 0 Å². The molecule has 0 N–H and O–H groups in total. The Bertz CT molecular complexity index is 768. The highest BCUT2D eigenvalue weighted by molar-refractivity contribution is 5.82. The van der Waals surface area contributed by atoms with E-state index in [2.05, 4.69) is 27.7 Å². The molecule has 0 radical (unpaired) electrons. The molecule has 2 aromatic heterocycles. The Balaban J connectivity index is 1.64. The monoisotopic (exact) mass is 344 g/mol. The first kappa shape index (κ1) is 17.7. The van der Waals surface area contributed by atoms with E-state index in [4.69, 9.17) is 4.74 Å². The number of carbonyl (C=O) groups is 1. The Kier molecular flexibility index (Phi) is 4.71. The quantitative estimate of drug-likeness (QED) is 0.833. The Hall–Kier alpha value is -2.11. The molecule has 6 heteroatoms. The van der Waals surface area contributed by atoms with E-state index in [1.165, 1.54) is 5.56 Å². The zero-order chi connectivity index (χ0) is 18.2. The van der Waals surface area contributed by atoms with Gasteiger partial charge in [-0.15, -0.1) is 0 Å². The number of hydrogen-bond donors (Lipinski definition) is 0. The van der Waals surface area contributed by atoms with Gasteiger partial charge in [0.2, 0.25) is 0 Å². The molecule has 0 bridgehead atoms. The van der Waals surface area contributed by atoms with E-state index in [0.717, 1.165) is 49.2 Å². The largest absolute Gasteiger partial charge is 0.444 e. The Morgan fingerprint density at radius 1 is 1.24 bits per heavy atom. The van der Waals surface area contributed by atoms with Crippen LogP contribution in [0.4, 0.5) is 4.79 Å². The van der Waals surface area contributed by atoms with E-state index in [0.29, 0.717) is 5.92 Å². The molecule has 3 heterocycles. The summed E-state index contributed by atoms with van der Waals surface area (Å²) in [5, 5.41) is 1.16. The molecule has 136 valence electrons. The fourth-order valence-electron chi connectivity index (χ4n) is 3.54. The summed E-state index contributed by atoms with van der Waals surface area (Å²) < 4.78 is 7.71. The third-order valence-corrected chi connectivity index (χ3v) is 4.75. The van der Waals surface area contributed by atoms with Crippen LogP contribution in [0.25, 0.3) is 11.0 Å². The number of fused-ring (bicyclic) bond motifs is 1. The number of piperidine rings is 1. The maximum atomic E-state index is 12.2. The van der Waals surface area contributed by atoms with Crippen molar-refractivity contribution in [3.05, 3.63) is 23.8 Å². The maximum Gasteiger partial charge on any atom is 0.410 e. The number of aromatic nitrogens is 3. The van der Waals surface area contributed by atoms with Gasteiger partial charge in [0.15, 0.2) is 0 Å². The zero-order valence-corrected chi connectivity index (χ0v) is 15.9. The van der Waals surface area contributed by atoms with E-state index < -0.39 is 5.60 Å². The molecular weight excluding hydrogens is 316 g/mol. The van der Waals surface area contributed by atoms with Crippen LogP contribution in [0.1, 0.15) is 44.9 Å². The normalized spacial score (nSPS) is 16.4. The van der Waals surface area contributed by atoms with Crippen LogP contribution in [0.2, 0.25) is 0 Å². The van der Waals surface area contributed by atoms with Gasteiger partial charge in [-0.25, -0.2) is 14.8 Å². The van der Waals surface area contributed by atoms with Crippen molar-refractivity contribution in [2.45, 2.75) is 59.6 Å². The molecule has 25 heavy (non-hydrogen) atoms. The fraction of sp³-hybridized carbons (Fsp3) is 0.632. The van der Waals surface area contributed by atoms with Crippen LogP contribution in [0.3, 0.4) is 0 Å². The van der Waals surface area contributed by atoms with Gasteiger partial charge in [0.25, 0.3) is 0 Å². The first-order valence-electron chi connectivity index (χ1n) is 8.99. The minimum Gasteiger partial charge on any atom is -0.444 e. The molecule has 0 atom stereocenters. The minimum absolute atomic E-state index is 0.198. The van der Waals surface area contributed by atoms with Crippen molar-refractivity contribution < 1.29 is 9.53 Å². The zero-order valence-electron chi connectivity index (χ0n) is 15.9. The summed E-state index contributed by atoms with van der Waals surface area (Å²) in [6.45, 7) is 12.3. The van der Waals surface area contributed by atoms with Gasteiger partial charge in [0.1, 0.15) is 17.6 Å². The van der Waals surface area contributed by atoms with Gasteiger partial charge < -0.3 is 14.2 Å². The van der Waals surface area contributed by atoms with Gasteiger partial charge in [-0.1, -0.05) is 0 Å². The molecule has 0 aliphatic carbocycles. The molecule has 0 aromatic carbocycles. The maximum absolute atomic E-state index is 12.2. The van der Waals surface area contributed by atoms with Crippen LogP contribution in [0.5, 0.6) is 0 Å². The smallest absolute Gasteiger partial charge is 0.410 e. The summed E-state index contributed by atoms with van der Waals surface area (Å²) in [6.07, 6.45) is 5.59. The van der Waals surface area contributed by atoms with E-state index in [1.54, 1.807) is 6.33 Å². The molecule has 1 amide bonds. The number of aryl methyl sites for hydroxylation is 2. The summed E-state index contributed by atoms with van der Waals surface area (Å²) in [5.74, 6) is 0.545. The lowest BCUT2D eigenvalue weighted by Gasteiger charge is -2.33. The molecule has 1 aliphatic heterocycles. The van der Waals surface area contributed by atoms with E-state index >= 15 is 0 Å². The Morgan fingerprint density at radius 2 is 1.92 bits per heavy atom. The second-order valence-corrected chi connectivity index (χ2v) is 8.03. The number of likely N-dealkylation sites (tertiary alicyclic amines) is 1. The molecule has 0 unspecified atom stereocenters. The summed E-state index contributed by atoms with van der Waals surface area (Å²) in [7, 11) is 0. The van der Waals surface area contributed by atoms with Crippen LogP contribution in [-0.2, 0) is 11.3 Å². The molecule has 2 aromatic rings. The van der Waals surface area contributed by atoms with Crippen molar-refractivity contribution in [1.29, 1.82) is 0 Å². The average Bonchev–Trinajstić information content (AvgIpc) is 2.84. The second kappa shape index (κ2) is 6.65. The lowest BCUT2D eigenvalue weighted by molar-refractivity contribution is 0.0178. The number of hydrogen-bond acceptors (Lipinski definition) is 4. The first-order valence-corrected chi connectivity index (χ1v) is 8.99. The molecule has 1 fully saturated rings. The first-order chi connectivity index (χ1) is 11.7. The molecule has 1 aliphatic rings. The number of rotatable bonds is 2. The molecular formula is C19H28N4O2. The Labute approximate surface area is 149 Å². The van der Waals surface area contributed by atoms with E-state index in [-0.39, 0.29) is 6.09 Å². The van der Waals surface area contributed by atoms with Crippen LogP contribution in [0, 0.1) is 19.8 Å². The molecule has 1 saturated heterocycles. The van der Waals surface area contributed by atoms with Crippen molar-refractivity contribution in [1.82, 2.24) is 19.4 Å². The standard InChI is InChI=1S/C19H28N4O2/c1-13-10-23(17-16(13)14(2)20-12-21-17)11-15-6-8-22(9-7-15)18(24)25-19(3,4)5/h10,12,15H,6-9,11H2,1-5H3. The third kappa shape index (κ3) is 3.94. The molecule has 0 spiro atoms. The molecule has 0 saturated carbocycles. The second-order valence-electron chi connectivity index (χ2n) is 8.03. The lowest BCUT2D eigenvalue weighted by atomic mass is 9.97. The molecule has 3 rings (SSSR count). The van der Waals surface area contributed by atoms with E-state index in [9.17, 15) is 4.79 Å². The highest BCUT2D eigenvalue weighted by Crippen LogP contribution is 2.25.